The maximum absolute atomic E-state index is 13.0. The lowest BCUT2D eigenvalue weighted by Gasteiger charge is -2.40. The van der Waals surface area contributed by atoms with E-state index >= 15 is 0 Å². The number of aromatic nitrogens is 3. The number of alkyl halides is 3. The number of aliphatic hydroxyl groups is 1. The Labute approximate surface area is 240 Å². The number of hydrogen-bond acceptors (Lipinski definition) is 8. The van der Waals surface area contributed by atoms with E-state index in [1.54, 1.807) is 23.4 Å². The molecule has 2 N–H and O–H groups in total. The van der Waals surface area contributed by atoms with Crippen molar-refractivity contribution in [3.8, 4) is 11.5 Å². The SMILES string of the molecule is O=C(NCC(=O)N1CCC2C1CCN2C1CCC(O)(c2nc(-c3ncccn3)co2)CC1)c1cccc(C(F)(F)F)c1. The first-order valence-corrected chi connectivity index (χ1v) is 14.1. The molecule has 4 heterocycles. The van der Waals surface area contributed by atoms with Gasteiger partial charge in [0.25, 0.3) is 5.91 Å². The van der Waals surface area contributed by atoms with Crippen molar-refractivity contribution in [2.24, 2.45) is 0 Å². The van der Waals surface area contributed by atoms with Crippen molar-refractivity contribution in [2.45, 2.75) is 68.4 Å². The first kappa shape index (κ1) is 28.3. The zero-order valence-corrected chi connectivity index (χ0v) is 22.8. The summed E-state index contributed by atoms with van der Waals surface area (Å²) in [5, 5.41) is 13.8. The van der Waals surface area contributed by atoms with Gasteiger partial charge >= 0.3 is 6.18 Å². The Hall–Kier alpha value is -3.84. The van der Waals surface area contributed by atoms with Crippen LogP contribution in [0.4, 0.5) is 13.2 Å². The first-order valence-electron chi connectivity index (χ1n) is 14.1. The summed E-state index contributed by atoms with van der Waals surface area (Å²) in [4.78, 5) is 42.6. The highest BCUT2D eigenvalue weighted by molar-refractivity contribution is 5.96. The van der Waals surface area contributed by atoms with Gasteiger partial charge in [-0.15, -0.1) is 0 Å². The fourth-order valence-electron chi connectivity index (χ4n) is 6.63. The van der Waals surface area contributed by atoms with Gasteiger partial charge in [-0.2, -0.15) is 13.2 Å². The van der Waals surface area contributed by atoms with Crippen LogP contribution in [0.25, 0.3) is 11.5 Å². The zero-order chi connectivity index (χ0) is 29.5. The van der Waals surface area contributed by atoms with Crippen LogP contribution in [0.5, 0.6) is 0 Å². The lowest BCUT2D eigenvalue weighted by molar-refractivity contribution is -0.137. The van der Waals surface area contributed by atoms with E-state index in [0.29, 0.717) is 30.9 Å². The highest BCUT2D eigenvalue weighted by Gasteiger charge is 2.48. The Bertz CT molecular complexity index is 1440. The van der Waals surface area contributed by atoms with E-state index in [0.717, 1.165) is 44.4 Å². The third kappa shape index (κ3) is 5.50. The normalized spacial score (nSPS) is 26.3. The van der Waals surface area contributed by atoms with Crippen molar-refractivity contribution in [1.29, 1.82) is 0 Å². The van der Waals surface area contributed by atoms with E-state index < -0.39 is 23.2 Å². The molecular formula is C29H31F3N6O4. The van der Waals surface area contributed by atoms with Crippen molar-refractivity contribution in [3.05, 3.63) is 66.0 Å². The summed E-state index contributed by atoms with van der Waals surface area (Å²) >= 11 is 0. The summed E-state index contributed by atoms with van der Waals surface area (Å²) in [6, 6.07) is 6.32. The third-order valence-electron chi connectivity index (χ3n) is 8.74. The number of likely N-dealkylation sites (tertiary alicyclic amines) is 2. The minimum absolute atomic E-state index is 0.0175. The lowest BCUT2D eigenvalue weighted by atomic mass is 9.81. The third-order valence-corrected chi connectivity index (χ3v) is 8.74. The second-order valence-electron chi connectivity index (χ2n) is 11.2. The van der Waals surface area contributed by atoms with Gasteiger partial charge in [0.2, 0.25) is 11.8 Å². The molecular weight excluding hydrogens is 553 g/mol. The number of rotatable bonds is 6. The van der Waals surface area contributed by atoms with Crippen LogP contribution in [0.1, 0.15) is 60.3 Å². The summed E-state index contributed by atoms with van der Waals surface area (Å²) in [5.41, 5.74) is -1.75. The molecule has 2 atom stereocenters. The summed E-state index contributed by atoms with van der Waals surface area (Å²) in [6.45, 7) is 1.11. The molecule has 2 saturated heterocycles. The molecule has 2 aromatic heterocycles. The predicted octanol–water partition coefficient (Wildman–Crippen LogP) is 3.39. The number of carbonyl (C=O) groups is 2. The molecule has 222 valence electrons. The van der Waals surface area contributed by atoms with E-state index in [1.807, 2.05) is 0 Å². The van der Waals surface area contributed by atoms with Crippen LogP contribution in [-0.2, 0) is 16.6 Å². The van der Waals surface area contributed by atoms with Crippen molar-refractivity contribution < 1.29 is 32.3 Å². The number of nitrogens with zero attached hydrogens (tertiary/aromatic N) is 5. The lowest BCUT2D eigenvalue weighted by Crippen LogP contribution is -2.47. The molecule has 13 heteroatoms. The van der Waals surface area contributed by atoms with Crippen LogP contribution in [0, 0.1) is 0 Å². The molecule has 3 aromatic rings. The number of carbonyl (C=O) groups excluding carboxylic acids is 2. The highest BCUT2D eigenvalue weighted by Crippen LogP contribution is 2.42. The fourth-order valence-corrected chi connectivity index (χ4v) is 6.63. The topological polar surface area (TPSA) is 125 Å². The Morgan fingerprint density at radius 3 is 2.52 bits per heavy atom. The van der Waals surface area contributed by atoms with Crippen molar-refractivity contribution >= 4 is 11.8 Å². The van der Waals surface area contributed by atoms with Gasteiger partial charge in [0.15, 0.2) is 5.82 Å². The largest absolute Gasteiger partial charge is 0.445 e. The average molecular weight is 585 g/mol. The summed E-state index contributed by atoms with van der Waals surface area (Å²) in [5.74, 6) is -0.261. The number of amides is 2. The Balaban J connectivity index is 1.02. The van der Waals surface area contributed by atoms with Crippen molar-refractivity contribution in [1.82, 2.24) is 30.1 Å². The molecule has 2 aliphatic heterocycles. The monoisotopic (exact) mass is 584 g/mol. The number of halogens is 3. The Morgan fingerprint density at radius 2 is 1.79 bits per heavy atom. The van der Waals surface area contributed by atoms with Crippen LogP contribution < -0.4 is 5.32 Å². The molecule has 42 heavy (non-hydrogen) atoms. The minimum atomic E-state index is -4.56. The number of fused-ring (bicyclic) bond motifs is 1. The maximum Gasteiger partial charge on any atom is 0.416 e. The van der Waals surface area contributed by atoms with E-state index in [9.17, 15) is 27.9 Å². The van der Waals surface area contributed by atoms with E-state index in [2.05, 4.69) is 25.2 Å². The molecule has 0 radical (unpaired) electrons. The summed E-state index contributed by atoms with van der Waals surface area (Å²) in [6.07, 6.45) is 4.24. The Morgan fingerprint density at radius 1 is 1.05 bits per heavy atom. The summed E-state index contributed by atoms with van der Waals surface area (Å²) < 4.78 is 44.6. The molecule has 2 unspecified atom stereocenters. The Kier molecular flexibility index (Phi) is 7.48. The first-order chi connectivity index (χ1) is 20.1. The van der Waals surface area contributed by atoms with Gasteiger partial charge in [0, 0.05) is 49.2 Å². The zero-order valence-electron chi connectivity index (χ0n) is 22.8. The fraction of sp³-hybridized carbons (Fsp3) is 0.483. The minimum Gasteiger partial charge on any atom is -0.445 e. The molecule has 1 aromatic carbocycles. The number of benzene rings is 1. The molecule has 1 aliphatic carbocycles. The number of oxazole rings is 1. The van der Waals surface area contributed by atoms with Crippen LogP contribution in [0.3, 0.4) is 0 Å². The van der Waals surface area contributed by atoms with E-state index in [-0.39, 0.29) is 42.0 Å². The van der Waals surface area contributed by atoms with Gasteiger partial charge in [-0.05, 0) is 62.8 Å². The molecule has 2 amide bonds. The molecule has 1 saturated carbocycles. The van der Waals surface area contributed by atoms with E-state index in [1.165, 1.54) is 18.4 Å². The number of hydrogen-bond donors (Lipinski definition) is 2. The van der Waals surface area contributed by atoms with Gasteiger partial charge in [-0.3, -0.25) is 14.5 Å². The van der Waals surface area contributed by atoms with Gasteiger partial charge < -0.3 is 19.7 Å². The second-order valence-corrected chi connectivity index (χ2v) is 11.2. The van der Waals surface area contributed by atoms with Crippen molar-refractivity contribution in [2.75, 3.05) is 19.6 Å². The molecule has 3 aliphatic rings. The highest BCUT2D eigenvalue weighted by atomic mass is 19.4. The standard InChI is InChI=1S/C29H31F3N6O4/c30-29(31,32)19-4-1-3-18(15-19)26(40)35-16-24(39)38-14-8-22-23(38)7-13-37(22)20-5-9-28(41,10-6-20)27-36-21(17-42-27)25-33-11-2-12-34-25/h1-4,11-12,15,17,20,22-23,41H,5-10,13-14,16H2,(H,35,40). The van der Waals surface area contributed by atoms with Crippen LogP contribution >= 0.6 is 0 Å². The smallest absolute Gasteiger partial charge is 0.416 e. The average Bonchev–Trinajstić information content (AvgIpc) is 3.74. The van der Waals surface area contributed by atoms with Crippen molar-refractivity contribution in [3.63, 3.8) is 0 Å². The van der Waals surface area contributed by atoms with Gasteiger partial charge in [0.05, 0.1) is 12.1 Å². The predicted molar refractivity (Wildman–Crippen MR) is 143 cm³/mol. The number of nitrogens with one attached hydrogen (secondary N) is 1. The molecule has 3 fully saturated rings. The molecule has 0 spiro atoms. The van der Waals surface area contributed by atoms with Gasteiger partial charge in [-0.1, -0.05) is 6.07 Å². The van der Waals surface area contributed by atoms with Crippen LogP contribution in [-0.4, -0.2) is 79.4 Å². The van der Waals surface area contributed by atoms with E-state index in [4.69, 9.17) is 4.42 Å². The maximum atomic E-state index is 13.0. The quantitative estimate of drug-likeness (QED) is 0.452. The van der Waals surface area contributed by atoms with Crippen LogP contribution in [0.2, 0.25) is 0 Å². The second kappa shape index (κ2) is 11.1. The van der Waals surface area contributed by atoms with Crippen LogP contribution in [0.15, 0.2) is 53.4 Å². The molecule has 0 bridgehead atoms. The molecule has 6 rings (SSSR count). The van der Waals surface area contributed by atoms with Gasteiger partial charge in [-0.25, -0.2) is 15.0 Å². The summed E-state index contributed by atoms with van der Waals surface area (Å²) in [7, 11) is 0. The van der Waals surface area contributed by atoms with Gasteiger partial charge in [0.1, 0.15) is 17.6 Å². The molecule has 10 nitrogen and oxygen atoms in total.